The van der Waals surface area contributed by atoms with Crippen molar-refractivity contribution in [1.82, 2.24) is 15.8 Å². The van der Waals surface area contributed by atoms with Crippen LogP contribution in [0.25, 0.3) is 11.1 Å². The van der Waals surface area contributed by atoms with Crippen molar-refractivity contribution in [3.8, 4) is 0 Å². The number of unbranched alkanes of at least 4 members (excludes halogenated alkanes) is 3. The molecule has 3 rings (SSSR count). The molecule has 0 saturated carbocycles. The molecular formula is C21H24N4O4. The number of para-hydroxylation sites is 2. The van der Waals surface area contributed by atoms with E-state index in [1.165, 1.54) is 0 Å². The molecule has 0 atom stereocenters. The molecule has 0 aliphatic heterocycles. The van der Waals surface area contributed by atoms with Gasteiger partial charge in [0.15, 0.2) is 5.58 Å². The van der Waals surface area contributed by atoms with Gasteiger partial charge < -0.3 is 15.1 Å². The molecule has 8 nitrogen and oxygen atoms in total. The minimum atomic E-state index is -0.368. The summed E-state index contributed by atoms with van der Waals surface area (Å²) < 4.78 is 5.63. The summed E-state index contributed by atoms with van der Waals surface area (Å²) in [7, 11) is 0. The lowest BCUT2D eigenvalue weighted by atomic mass is 10.1. The summed E-state index contributed by atoms with van der Waals surface area (Å²) in [5.41, 5.74) is 4.46. The van der Waals surface area contributed by atoms with E-state index in [1.807, 2.05) is 24.3 Å². The van der Waals surface area contributed by atoms with Crippen molar-refractivity contribution in [1.29, 1.82) is 0 Å². The Kier molecular flexibility index (Phi) is 7.18. The molecule has 1 heterocycles. The number of rotatable bonds is 10. The minimum Gasteiger partial charge on any atom is -0.423 e. The number of oxazole rings is 1. The standard InChI is InChI=1S/C21H24N4O4/c26-19(25-28)9-3-1-2-6-14-22-20(27)15-10-12-16(13-11-15)23-21-24-17-7-4-5-8-18(17)29-21/h4-5,7-8,10-13,28H,1-3,6,9,14H2,(H,22,27)(H,23,24)(H,25,26). The van der Waals surface area contributed by atoms with Crippen molar-refractivity contribution < 1.29 is 19.2 Å². The molecule has 29 heavy (non-hydrogen) atoms. The van der Waals surface area contributed by atoms with E-state index in [9.17, 15) is 9.59 Å². The van der Waals surface area contributed by atoms with Crippen LogP contribution in [-0.2, 0) is 4.79 Å². The number of benzene rings is 2. The van der Waals surface area contributed by atoms with Crippen LogP contribution in [0, 0.1) is 0 Å². The average Bonchev–Trinajstić information content (AvgIpc) is 3.15. The molecule has 2 amide bonds. The van der Waals surface area contributed by atoms with Gasteiger partial charge in [0.25, 0.3) is 11.9 Å². The van der Waals surface area contributed by atoms with Crippen molar-refractivity contribution in [2.24, 2.45) is 0 Å². The van der Waals surface area contributed by atoms with Crippen molar-refractivity contribution in [3.63, 3.8) is 0 Å². The third kappa shape index (κ3) is 6.05. The van der Waals surface area contributed by atoms with Crippen LogP contribution in [0.5, 0.6) is 0 Å². The zero-order valence-electron chi connectivity index (χ0n) is 16.0. The molecule has 0 unspecified atom stereocenters. The molecule has 152 valence electrons. The summed E-state index contributed by atoms with van der Waals surface area (Å²) in [6, 6.07) is 15.0. The summed E-state index contributed by atoms with van der Waals surface area (Å²) in [4.78, 5) is 27.4. The van der Waals surface area contributed by atoms with Crippen LogP contribution in [0.15, 0.2) is 52.9 Å². The van der Waals surface area contributed by atoms with E-state index in [1.54, 1.807) is 29.7 Å². The molecule has 0 fully saturated rings. The van der Waals surface area contributed by atoms with Crippen molar-refractivity contribution in [2.45, 2.75) is 32.1 Å². The van der Waals surface area contributed by atoms with Gasteiger partial charge in [-0.2, -0.15) is 4.98 Å². The van der Waals surface area contributed by atoms with Crippen LogP contribution in [-0.4, -0.2) is 28.6 Å². The number of hydrogen-bond donors (Lipinski definition) is 4. The summed E-state index contributed by atoms with van der Waals surface area (Å²) >= 11 is 0. The highest BCUT2D eigenvalue weighted by molar-refractivity contribution is 5.94. The first-order chi connectivity index (χ1) is 14.2. The number of nitrogens with one attached hydrogen (secondary N) is 3. The maximum absolute atomic E-state index is 12.2. The second-order valence-electron chi connectivity index (χ2n) is 6.64. The molecule has 0 aliphatic rings. The molecular weight excluding hydrogens is 372 g/mol. The van der Waals surface area contributed by atoms with Crippen LogP contribution >= 0.6 is 0 Å². The second kappa shape index (κ2) is 10.2. The number of hydroxylamine groups is 1. The van der Waals surface area contributed by atoms with Crippen LogP contribution in [0.3, 0.4) is 0 Å². The van der Waals surface area contributed by atoms with E-state index in [-0.39, 0.29) is 11.8 Å². The Bertz CT molecular complexity index is 920. The van der Waals surface area contributed by atoms with E-state index >= 15 is 0 Å². The van der Waals surface area contributed by atoms with Gasteiger partial charge in [-0.05, 0) is 49.2 Å². The Hall–Kier alpha value is -3.39. The molecule has 1 aromatic heterocycles. The summed E-state index contributed by atoms with van der Waals surface area (Å²) in [6.45, 7) is 0.577. The van der Waals surface area contributed by atoms with Crippen LogP contribution < -0.4 is 16.1 Å². The first-order valence-corrected chi connectivity index (χ1v) is 9.59. The van der Waals surface area contributed by atoms with Gasteiger partial charge in [0.05, 0.1) is 0 Å². The van der Waals surface area contributed by atoms with Crippen molar-refractivity contribution in [3.05, 3.63) is 54.1 Å². The van der Waals surface area contributed by atoms with Crippen LogP contribution in [0.4, 0.5) is 11.7 Å². The molecule has 2 aromatic carbocycles. The van der Waals surface area contributed by atoms with Gasteiger partial charge in [-0.25, -0.2) is 5.48 Å². The zero-order chi connectivity index (χ0) is 20.5. The monoisotopic (exact) mass is 396 g/mol. The lowest BCUT2D eigenvalue weighted by Crippen LogP contribution is -2.24. The Morgan fingerprint density at radius 3 is 2.48 bits per heavy atom. The maximum atomic E-state index is 12.2. The third-order valence-electron chi connectivity index (χ3n) is 4.43. The fraction of sp³-hybridized carbons (Fsp3) is 0.286. The molecule has 0 bridgehead atoms. The van der Waals surface area contributed by atoms with E-state index in [4.69, 9.17) is 9.62 Å². The lowest BCUT2D eigenvalue weighted by molar-refractivity contribution is -0.129. The fourth-order valence-corrected chi connectivity index (χ4v) is 2.88. The maximum Gasteiger partial charge on any atom is 0.300 e. The molecule has 8 heteroatoms. The number of anilines is 2. The summed E-state index contributed by atoms with van der Waals surface area (Å²) in [5.74, 6) is -0.495. The highest BCUT2D eigenvalue weighted by Gasteiger charge is 2.07. The van der Waals surface area contributed by atoms with Crippen LogP contribution in [0.2, 0.25) is 0 Å². The SMILES string of the molecule is O=C(CCCCCCNC(=O)c1ccc(Nc2nc3ccccc3o2)cc1)NO. The predicted molar refractivity (Wildman–Crippen MR) is 109 cm³/mol. The Morgan fingerprint density at radius 2 is 1.72 bits per heavy atom. The molecule has 0 saturated heterocycles. The smallest absolute Gasteiger partial charge is 0.300 e. The fourth-order valence-electron chi connectivity index (χ4n) is 2.88. The van der Waals surface area contributed by atoms with E-state index in [0.29, 0.717) is 30.1 Å². The molecule has 0 radical (unpaired) electrons. The lowest BCUT2D eigenvalue weighted by Gasteiger charge is -2.07. The first-order valence-electron chi connectivity index (χ1n) is 9.59. The first kappa shape index (κ1) is 20.3. The second-order valence-corrected chi connectivity index (χ2v) is 6.64. The molecule has 0 aliphatic carbocycles. The topological polar surface area (TPSA) is 116 Å². The van der Waals surface area contributed by atoms with E-state index in [2.05, 4.69) is 15.6 Å². The summed E-state index contributed by atoms with van der Waals surface area (Å²) in [6.07, 6.45) is 3.65. The van der Waals surface area contributed by atoms with E-state index in [0.717, 1.165) is 36.9 Å². The van der Waals surface area contributed by atoms with E-state index < -0.39 is 0 Å². The largest absolute Gasteiger partial charge is 0.423 e. The van der Waals surface area contributed by atoms with Gasteiger partial charge in [0.2, 0.25) is 5.91 Å². The number of carbonyl (C=O) groups is 2. The Labute approximate surface area is 168 Å². The average molecular weight is 396 g/mol. The zero-order valence-corrected chi connectivity index (χ0v) is 16.0. The minimum absolute atomic E-state index is 0.127. The van der Waals surface area contributed by atoms with Crippen molar-refractivity contribution in [2.75, 3.05) is 11.9 Å². The van der Waals surface area contributed by atoms with Gasteiger partial charge in [-0.15, -0.1) is 0 Å². The highest BCUT2D eigenvalue weighted by Crippen LogP contribution is 2.22. The molecule has 0 spiro atoms. The normalized spacial score (nSPS) is 10.7. The van der Waals surface area contributed by atoms with Gasteiger partial charge >= 0.3 is 0 Å². The van der Waals surface area contributed by atoms with Gasteiger partial charge in [-0.1, -0.05) is 25.0 Å². The number of hydrogen-bond acceptors (Lipinski definition) is 6. The third-order valence-corrected chi connectivity index (χ3v) is 4.43. The molecule has 3 aromatic rings. The van der Waals surface area contributed by atoms with Gasteiger partial charge in [0.1, 0.15) is 5.52 Å². The van der Waals surface area contributed by atoms with Crippen LogP contribution in [0.1, 0.15) is 42.5 Å². The van der Waals surface area contributed by atoms with Gasteiger partial charge in [0, 0.05) is 24.2 Å². The summed E-state index contributed by atoms with van der Waals surface area (Å²) in [5, 5.41) is 14.4. The number of amides is 2. The predicted octanol–water partition coefficient (Wildman–Crippen LogP) is 3.76. The number of carbonyl (C=O) groups excluding carboxylic acids is 2. The number of aromatic nitrogens is 1. The molecule has 4 N–H and O–H groups in total. The Morgan fingerprint density at radius 1 is 0.966 bits per heavy atom. The van der Waals surface area contributed by atoms with Crippen molar-refractivity contribution >= 4 is 34.6 Å². The quantitative estimate of drug-likeness (QED) is 0.236. The Balaban J connectivity index is 1.40. The highest BCUT2D eigenvalue weighted by atomic mass is 16.5. The van der Waals surface area contributed by atoms with Gasteiger partial charge in [-0.3, -0.25) is 14.8 Å². The number of fused-ring (bicyclic) bond motifs is 1. The number of nitrogens with zero attached hydrogens (tertiary/aromatic N) is 1.